The largest absolute Gasteiger partial charge is 0.339 e. The highest BCUT2D eigenvalue weighted by molar-refractivity contribution is 7.13. The Hall–Kier alpha value is -2.96. The summed E-state index contributed by atoms with van der Waals surface area (Å²) in [4.78, 5) is 17.9. The van der Waals surface area contributed by atoms with Gasteiger partial charge < -0.3 is 9.84 Å². The van der Waals surface area contributed by atoms with Gasteiger partial charge in [-0.3, -0.25) is 4.79 Å². The summed E-state index contributed by atoms with van der Waals surface area (Å²) in [5.74, 6) is 0.785. The van der Waals surface area contributed by atoms with Crippen LogP contribution in [0, 0.1) is 0 Å². The van der Waals surface area contributed by atoms with Gasteiger partial charge in [-0.2, -0.15) is 4.98 Å². The molecule has 0 atom stereocenters. The van der Waals surface area contributed by atoms with Crippen molar-refractivity contribution in [2.24, 2.45) is 0 Å². The molecule has 0 aliphatic carbocycles. The molecule has 0 radical (unpaired) electrons. The molecule has 5 nitrogen and oxygen atoms in total. The average molecular weight is 396 g/mol. The zero-order valence-electron chi connectivity index (χ0n) is 14.1. The number of carbonyl (C=O) groups excluding carboxylic acids is 1. The minimum atomic E-state index is -0.266. The summed E-state index contributed by atoms with van der Waals surface area (Å²) in [6.45, 7) is 0. The standard InChI is InChI=1S/C20H14ClN3O2S/c21-15-8-3-2-7-14(15)20(25)22-16-9-4-1-6-13(16)12-18-23-19(24-26-18)17-10-5-11-27-17/h1-11H,12H2,(H,22,25). The predicted molar refractivity (Wildman–Crippen MR) is 106 cm³/mol. The molecule has 2 aromatic heterocycles. The Morgan fingerprint density at radius 1 is 1.07 bits per heavy atom. The van der Waals surface area contributed by atoms with Crippen LogP contribution in [0.2, 0.25) is 5.02 Å². The van der Waals surface area contributed by atoms with E-state index in [0.717, 1.165) is 10.4 Å². The van der Waals surface area contributed by atoms with E-state index in [1.807, 2.05) is 41.8 Å². The van der Waals surface area contributed by atoms with Crippen molar-refractivity contribution < 1.29 is 9.32 Å². The molecule has 1 N–H and O–H groups in total. The first-order valence-corrected chi connectivity index (χ1v) is 9.47. The Labute approximate surface area is 164 Å². The van der Waals surface area contributed by atoms with Crippen molar-refractivity contribution >= 4 is 34.5 Å². The number of nitrogens with zero attached hydrogens (tertiary/aromatic N) is 2. The highest BCUT2D eigenvalue weighted by Crippen LogP contribution is 2.24. The number of benzene rings is 2. The molecule has 2 heterocycles. The third-order valence-corrected chi connectivity index (χ3v) is 5.13. The van der Waals surface area contributed by atoms with Gasteiger partial charge in [0.05, 0.1) is 21.9 Å². The summed E-state index contributed by atoms with van der Waals surface area (Å²) < 4.78 is 5.37. The third kappa shape index (κ3) is 3.92. The summed E-state index contributed by atoms with van der Waals surface area (Å²) in [7, 11) is 0. The first-order chi connectivity index (χ1) is 13.2. The van der Waals surface area contributed by atoms with Gasteiger partial charge in [-0.1, -0.05) is 53.2 Å². The molecule has 0 aliphatic rings. The number of hydrogen-bond acceptors (Lipinski definition) is 5. The Morgan fingerprint density at radius 2 is 1.89 bits per heavy atom. The van der Waals surface area contributed by atoms with Crippen LogP contribution in [0.1, 0.15) is 21.8 Å². The van der Waals surface area contributed by atoms with Crippen LogP contribution in [0.15, 0.2) is 70.6 Å². The number of hydrogen-bond donors (Lipinski definition) is 1. The van der Waals surface area contributed by atoms with E-state index in [-0.39, 0.29) is 5.91 Å². The zero-order chi connectivity index (χ0) is 18.6. The van der Waals surface area contributed by atoms with E-state index in [9.17, 15) is 4.79 Å². The number of rotatable bonds is 5. The summed E-state index contributed by atoms with van der Waals surface area (Å²) >= 11 is 7.67. The first-order valence-electron chi connectivity index (χ1n) is 8.21. The number of aromatic nitrogens is 2. The molecule has 1 amide bonds. The molecule has 0 aliphatic heterocycles. The number of para-hydroxylation sites is 1. The van der Waals surface area contributed by atoms with Crippen molar-refractivity contribution in [3.05, 3.63) is 88.1 Å². The van der Waals surface area contributed by atoms with Gasteiger partial charge in [-0.05, 0) is 35.2 Å². The van der Waals surface area contributed by atoms with E-state index < -0.39 is 0 Å². The van der Waals surface area contributed by atoms with E-state index in [4.69, 9.17) is 16.1 Å². The van der Waals surface area contributed by atoms with Crippen molar-refractivity contribution in [2.75, 3.05) is 5.32 Å². The fourth-order valence-electron chi connectivity index (χ4n) is 2.63. The molecule has 4 aromatic rings. The fourth-order valence-corrected chi connectivity index (χ4v) is 3.50. The number of carbonyl (C=O) groups is 1. The van der Waals surface area contributed by atoms with Crippen molar-refractivity contribution in [3.8, 4) is 10.7 Å². The van der Waals surface area contributed by atoms with Crippen LogP contribution in [-0.2, 0) is 6.42 Å². The molecular weight excluding hydrogens is 382 g/mol. The lowest BCUT2D eigenvalue weighted by Crippen LogP contribution is -2.14. The van der Waals surface area contributed by atoms with Gasteiger partial charge in [0, 0.05) is 5.69 Å². The number of halogens is 1. The van der Waals surface area contributed by atoms with Gasteiger partial charge in [-0.15, -0.1) is 11.3 Å². The lowest BCUT2D eigenvalue weighted by atomic mass is 10.1. The maximum absolute atomic E-state index is 12.6. The van der Waals surface area contributed by atoms with Crippen LogP contribution in [0.3, 0.4) is 0 Å². The highest BCUT2D eigenvalue weighted by Gasteiger charge is 2.15. The molecule has 27 heavy (non-hydrogen) atoms. The quantitative estimate of drug-likeness (QED) is 0.498. The molecule has 134 valence electrons. The normalized spacial score (nSPS) is 10.7. The molecule has 0 saturated heterocycles. The number of nitrogens with one attached hydrogen (secondary N) is 1. The predicted octanol–water partition coefficient (Wildman–Crippen LogP) is 5.29. The van der Waals surface area contributed by atoms with E-state index >= 15 is 0 Å². The zero-order valence-corrected chi connectivity index (χ0v) is 15.6. The van der Waals surface area contributed by atoms with Crippen LogP contribution in [-0.4, -0.2) is 16.0 Å². The Kier molecular flexibility index (Phi) is 5.00. The molecule has 4 rings (SSSR count). The van der Waals surface area contributed by atoms with Crippen LogP contribution >= 0.6 is 22.9 Å². The van der Waals surface area contributed by atoms with E-state index in [1.54, 1.807) is 35.6 Å². The number of amides is 1. The number of thiophene rings is 1. The summed E-state index contributed by atoms with van der Waals surface area (Å²) in [5.41, 5.74) is 1.98. The minimum Gasteiger partial charge on any atom is -0.339 e. The molecule has 0 fully saturated rings. The summed E-state index contributed by atoms with van der Waals surface area (Å²) in [5, 5.41) is 9.31. The lowest BCUT2D eigenvalue weighted by molar-refractivity contribution is 0.102. The van der Waals surface area contributed by atoms with Crippen LogP contribution in [0.25, 0.3) is 10.7 Å². The Balaban J connectivity index is 1.55. The second kappa shape index (κ2) is 7.73. The van der Waals surface area contributed by atoms with Crippen molar-refractivity contribution in [1.82, 2.24) is 10.1 Å². The van der Waals surface area contributed by atoms with Gasteiger partial charge in [0.1, 0.15) is 0 Å². The topological polar surface area (TPSA) is 68.0 Å². The van der Waals surface area contributed by atoms with Gasteiger partial charge in [0.2, 0.25) is 11.7 Å². The first kappa shape index (κ1) is 17.5. The summed E-state index contributed by atoms with van der Waals surface area (Å²) in [6.07, 6.45) is 0.414. The molecule has 0 spiro atoms. The maximum Gasteiger partial charge on any atom is 0.257 e. The van der Waals surface area contributed by atoms with Gasteiger partial charge in [0.15, 0.2) is 0 Å². The average Bonchev–Trinajstić information content (AvgIpc) is 3.35. The van der Waals surface area contributed by atoms with Crippen molar-refractivity contribution in [2.45, 2.75) is 6.42 Å². The molecular formula is C20H14ClN3O2S. The molecule has 2 aromatic carbocycles. The smallest absolute Gasteiger partial charge is 0.257 e. The van der Waals surface area contributed by atoms with Gasteiger partial charge >= 0.3 is 0 Å². The lowest BCUT2D eigenvalue weighted by Gasteiger charge is -2.10. The third-order valence-electron chi connectivity index (χ3n) is 3.94. The SMILES string of the molecule is O=C(Nc1ccccc1Cc1nc(-c2cccs2)no1)c1ccccc1Cl. The van der Waals surface area contributed by atoms with Crippen molar-refractivity contribution in [3.63, 3.8) is 0 Å². The molecule has 0 unspecified atom stereocenters. The molecule has 0 bridgehead atoms. The van der Waals surface area contributed by atoms with Crippen LogP contribution in [0.5, 0.6) is 0 Å². The Bertz CT molecular complexity index is 1080. The fraction of sp³-hybridized carbons (Fsp3) is 0.0500. The van der Waals surface area contributed by atoms with E-state index in [1.165, 1.54) is 0 Å². The number of anilines is 1. The van der Waals surface area contributed by atoms with Gasteiger partial charge in [-0.25, -0.2) is 0 Å². The monoisotopic (exact) mass is 395 g/mol. The minimum absolute atomic E-state index is 0.266. The van der Waals surface area contributed by atoms with Crippen LogP contribution in [0.4, 0.5) is 5.69 Å². The van der Waals surface area contributed by atoms with E-state index in [2.05, 4.69) is 15.5 Å². The Morgan fingerprint density at radius 3 is 2.70 bits per heavy atom. The second-order valence-electron chi connectivity index (χ2n) is 5.76. The van der Waals surface area contributed by atoms with Crippen LogP contribution < -0.4 is 5.32 Å². The highest BCUT2D eigenvalue weighted by atomic mass is 35.5. The van der Waals surface area contributed by atoms with Gasteiger partial charge in [0.25, 0.3) is 5.91 Å². The molecule has 7 heteroatoms. The maximum atomic E-state index is 12.6. The summed E-state index contributed by atoms with van der Waals surface area (Å²) in [6, 6.07) is 18.3. The molecule has 0 saturated carbocycles. The second-order valence-corrected chi connectivity index (χ2v) is 7.11. The van der Waals surface area contributed by atoms with Crippen molar-refractivity contribution in [1.29, 1.82) is 0 Å². The van der Waals surface area contributed by atoms with E-state index in [0.29, 0.717) is 34.4 Å².